The highest BCUT2D eigenvalue weighted by atomic mass is 16.5. The van der Waals surface area contributed by atoms with Crippen LogP contribution in [0.1, 0.15) is 37.0 Å². The Morgan fingerprint density at radius 1 is 1.09 bits per heavy atom. The number of esters is 1. The lowest BCUT2D eigenvalue weighted by atomic mass is 9.98. The van der Waals surface area contributed by atoms with Crippen molar-refractivity contribution in [2.45, 2.75) is 32.4 Å². The summed E-state index contributed by atoms with van der Waals surface area (Å²) in [4.78, 5) is 29.4. The number of hydrogen-bond donors (Lipinski definition) is 0. The maximum Gasteiger partial charge on any atom is 0.310 e. The minimum atomic E-state index is -0.272. The van der Waals surface area contributed by atoms with Gasteiger partial charge in [-0.05, 0) is 31.9 Å². The molecule has 2 aliphatic rings. The van der Waals surface area contributed by atoms with Gasteiger partial charge in [0, 0.05) is 37.3 Å². The summed E-state index contributed by atoms with van der Waals surface area (Å²) in [6.45, 7) is 4.69. The van der Waals surface area contributed by atoms with Gasteiger partial charge in [-0.15, -0.1) is 0 Å². The zero-order chi connectivity index (χ0) is 23.2. The van der Waals surface area contributed by atoms with E-state index in [4.69, 9.17) is 14.2 Å². The molecule has 2 aromatic carbocycles. The van der Waals surface area contributed by atoms with Gasteiger partial charge in [0.25, 0.3) is 0 Å². The minimum Gasteiger partial charge on any atom is -0.496 e. The summed E-state index contributed by atoms with van der Waals surface area (Å²) in [6, 6.07) is 15.8. The molecule has 1 saturated heterocycles. The van der Waals surface area contributed by atoms with Gasteiger partial charge in [-0.2, -0.15) is 0 Å². The highest BCUT2D eigenvalue weighted by Gasteiger charge is 2.32. The summed E-state index contributed by atoms with van der Waals surface area (Å²) < 4.78 is 17.2. The molecular weight excluding hydrogens is 420 g/mol. The second kappa shape index (κ2) is 10.7. The quantitative estimate of drug-likeness (QED) is 0.626. The highest BCUT2D eigenvalue weighted by molar-refractivity contribution is 5.80. The number of likely N-dealkylation sites (tertiary alicyclic amines) is 1. The summed E-state index contributed by atoms with van der Waals surface area (Å²) >= 11 is 0. The third-order valence-corrected chi connectivity index (χ3v) is 6.30. The fourth-order valence-corrected chi connectivity index (χ4v) is 4.64. The highest BCUT2D eigenvalue weighted by Crippen LogP contribution is 2.34. The van der Waals surface area contributed by atoms with E-state index in [1.54, 1.807) is 18.9 Å². The van der Waals surface area contributed by atoms with E-state index in [1.807, 2.05) is 48.5 Å². The predicted octanol–water partition coefficient (Wildman–Crippen LogP) is 3.43. The van der Waals surface area contributed by atoms with Crippen molar-refractivity contribution in [3.63, 3.8) is 0 Å². The van der Waals surface area contributed by atoms with Crippen molar-refractivity contribution in [3.05, 3.63) is 59.7 Å². The molecule has 2 aromatic rings. The lowest BCUT2D eigenvalue weighted by molar-refractivity contribution is -0.151. The van der Waals surface area contributed by atoms with E-state index in [-0.39, 0.29) is 30.4 Å². The molecule has 0 unspecified atom stereocenters. The Hall–Kier alpha value is -3.06. The molecule has 7 nitrogen and oxygen atoms in total. The van der Waals surface area contributed by atoms with Crippen molar-refractivity contribution in [1.82, 2.24) is 9.80 Å². The molecule has 176 valence electrons. The van der Waals surface area contributed by atoms with E-state index >= 15 is 0 Å². The van der Waals surface area contributed by atoms with Gasteiger partial charge in [0.15, 0.2) is 0 Å². The van der Waals surface area contributed by atoms with E-state index in [1.165, 1.54) is 0 Å². The normalized spacial score (nSPS) is 20.8. The number of hydrogen-bond acceptors (Lipinski definition) is 6. The first-order valence-corrected chi connectivity index (χ1v) is 11.6. The van der Waals surface area contributed by atoms with E-state index in [2.05, 4.69) is 4.90 Å². The smallest absolute Gasteiger partial charge is 0.310 e. The number of piperidine rings is 1. The Morgan fingerprint density at radius 2 is 1.88 bits per heavy atom. The number of fused-ring (bicyclic) bond motifs is 1. The first-order chi connectivity index (χ1) is 16.1. The van der Waals surface area contributed by atoms with E-state index < -0.39 is 0 Å². The average molecular weight is 453 g/mol. The molecule has 0 radical (unpaired) electrons. The number of amides is 1. The Labute approximate surface area is 195 Å². The Balaban J connectivity index is 1.51. The van der Waals surface area contributed by atoms with Gasteiger partial charge in [-0.25, -0.2) is 0 Å². The fourth-order valence-electron chi connectivity index (χ4n) is 4.64. The molecule has 0 aromatic heterocycles. The lowest BCUT2D eigenvalue weighted by Crippen LogP contribution is -2.47. The lowest BCUT2D eigenvalue weighted by Gasteiger charge is -2.33. The van der Waals surface area contributed by atoms with Gasteiger partial charge in [0.05, 0.1) is 26.2 Å². The van der Waals surface area contributed by atoms with Gasteiger partial charge in [-0.3, -0.25) is 14.5 Å². The summed E-state index contributed by atoms with van der Waals surface area (Å²) in [5, 5.41) is 0. The number of ether oxygens (including phenoxy) is 3. The molecule has 1 amide bonds. The average Bonchev–Trinajstić information content (AvgIpc) is 3.03. The van der Waals surface area contributed by atoms with Crippen LogP contribution >= 0.6 is 0 Å². The zero-order valence-electron chi connectivity index (χ0n) is 19.4. The second-order valence-electron chi connectivity index (χ2n) is 8.56. The van der Waals surface area contributed by atoms with Crippen LogP contribution in [-0.4, -0.2) is 61.6 Å². The largest absolute Gasteiger partial charge is 0.496 e. The Bertz CT molecular complexity index is 979. The van der Waals surface area contributed by atoms with Crippen LogP contribution in [0.4, 0.5) is 0 Å². The van der Waals surface area contributed by atoms with Gasteiger partial charge < -0.3 is 19.1 Å². The SMILES string of the molecule is CCOC(=O)[C@@H]1CCCN(C(=O)CN2Cc3ccccc3O[C@H](c3ccccc3OC)C2)C1. The number of methoxy groups -OCH3 is 1. The van der Waals surface area contributed by atoms with E-state index in [0.717, 1.165) is 35.5 Å². The minimum absolute atomic E-state index is 0.0298. The van der Waals surface area contributed by atoms with Gasteiger partial charge in [0.2, 0.25) is 5.91 Å². The first kappa shape index (κ1) is 23.1. The summed E-state index contributed by atoms with van der Waals surface area (Å²) in [6.07, 6.45) is 1.31. The number of carbonyl (C=O) groups is 2. The molecular formula is C26H32N2O5. The van der Waals surface area contributed by atoms with Crippen LogP contribution in [0.5, 0.6) is 11.5 Å². The molecule has 0 spiro atoms. The van der Waals surface area contributed by atoms with Crippen LogP contribution in [0.2, 0.25) is 0 Å². The van der Waals surface area contributed by atoms with Crippen molar-refractivity contribution in [1.29, 1.82) is 0 Å². The van der Waals surface area contributed by atoms with Crippen molar-refractivity contribution in [2.75, 3.05) is 39.9 Å². The van der Waals surface area contributed by atoms with E-state index in [9.17, 15) is 9.59 Å². The van der Waals surface area contributed by atoms with Crippen molar-refractivity contribution in [3.8, 4) is 11.5 Å². The van der Waals surface area contributed by atoms with Crippen LogP contribution in [0, 0.1) is 5.92 Å². The zero-order valence-corrected chi connectivity index (χ0v) is 19.4. The van der Waals surface area contributed by atoms with E-state index in [0.29, 0.717) is 32.8 Å². The van der Waals surface area contributed by atoms with Gasteiger partial charge in [0.1, 0.15) is 17.6 Å². The third-order valence-electron chi connectivity index (χ3n) is 6.30. The van der Waals surface area contributed by atoms with Crippen LogP contribution < -0.4 is 9.47 Å². The summed E-state index contributed by atoms with van der Waals surface area (Å²) in [5.41, 5.74) is 2.00. The van der Waals surface area contributed by atoms with Crippen LogP contribution in [-0.2, 0) is 20.9 Å². The molecule has 0 aliphatic carbocycles. The third kappa shape index (κ3) is 5.47. The molecule has 4 rings (SSSR count). The standard InChI is InChI=1S/C26H32N2O5/c1-3-32-26(30)20-10-8-14-28(16-20)25(29)18-27-15-19-9-4-6-12-22(19)33-24(17-27)21-11-5-7-13-23(21)31-2/h4-7,9,11-13,20,24H,3,8,10,14-18H2,1-2H3/t20-,24+/m1/s1. The van der Waals surface area contributed by atoms with Crippen LogP contribution in [0.25, 0.3) is 0 Å². The number of para-hydroxylation sites is 2. The number of benzene rings is 2. The first-order valence-electron chi connectivity index (χ1n) is 11.6. The van der Waals surface area contributed by atoms with Crippen molar-refractivity contribution in [2.24, 2.45) is 5.92 Å². The predicted molar refractivity (Wildman–Crippen MR) is 124 cm³/mol. The van der Waals surface area contributed by atoms with Crippen molar-refractivity contribution >= 4 is 11.9 Å². The van der Waals surface area contributed by atoms with Crippen LogP contribution in [0.3, 0.4) is 0 Å². The molecule has 0 N–H and O–H groups in total. The maximum absolute atomic E-state index is 13.2. The number of rotatable bonds is 6. The molecule has 2 aliphatic heterocycles. The molecule has 0 bridgehead atoms. The molecule has 2 atom stereocenters. The number of nitrogens with zero attached hydrogens (tertiary/aromatic N) is 2. The monoisotopic (exact) mass is 452 g/mol. The molecule has 33 heavy (non-hydrogen) atoms. The maximum atomic E-state index is 13.2. The number of carbonyl (C=O) groups excluding carboxylic acids is 2. The van der Waals surface area contributed by atoms with Gasteiger partial charge in [-0.1, -0.05) is 36.4 Å². The fraction of sp³-hybridized carbons (Fsp3) is 0.462. The second-order valence-corrected chi connectivity index (χ2v) is 8.56. The Kier molecular flexibility index (Phi) is 7.50. The van der Waals surface area contributed by atoms with Crippen molar-refractivity contribution < 1.29 is 23.8 Å². The Morgan fingerprint density at radius 3 is 2.70 bits per heavy atom. The van der Waals surface area contributed by atoms with Crippen LogP contribution in [0.15, 0.2) is 48.5 Å². The summed E-state index contributed by atoms with van der Waals surface area (Å²) in [5.74, 6) is 1.17. The summed E-state index contributed by atoms with van der Waals surface area (Å²) in [7, 11) is 1.65. The van der Waals surface area contributed by atoms with Gasteiger partial charge >= 0.3 is 5.97 Å². The molecule has 2 heterocycles. The molecule has 1 fully saturated rings. The topological polar surface area (TPSA) is 68.3 Å². The molecule has 7 heteroatoms. The molecule has 0 saturated carbocycles.